The molecule has 0 aliphatic rings. The quantitative estimate of drug-likeness (QED) is 0.832. The highest BCUT2D eigenvalue weighted by molar-refractivity contribution is 5.71. The van der Waals surface area contributed by atoms with Crippen molar-refractivity contribution < 1.29 is 19.4 Å². The van der Waals surface area contributed by atoms with Crippen LogP contribution in [0.4, 0.5) is 4.79 Å². The van der Waals surface area contributed by atoms with E-state index in [1.165, 1.54) is 10.9 Å². The second kappa shape index (κ2) is 7.21. The van der Waals surface area contributed by atoms with Gasteiger partial charge in [0.2, 0.25) is 0 Å². The molecule has 0 spiro atoms. The van der Waals surface area contributed by atoms with Gasteiger partial charge in [-0.15, -0.1) is 5.10 Å². The minimum atomic E-state index is -1.05. The first-order valence-corrected chi connectivity index (χ1v) is 6.60. The van der Waals surface area contributed by atoms with E-state index in [2.05, 4.69) is 15.6 Å². The van der Waals surface area contributed by atoms with Crippen molar-refractivity contribution in [2.75, 3.05) is 0 Å². The van der Waals surface area contributed by atoms with Crippen LogP contribution in [0.2, 0.25) is 0 Å². The Hall–Kier alpha value is -2.90. The summed E-state index contributed by atoms with van der Waals surface area (Å²) in [7, 11) is 1.62. The zero-order valence-corrected chi connectivity index (χ0v) is 12.0. The summed E-state index contributed by atoms with van der Waals surface area (Å²) in [5.41, 5.74) is 1.33. The normalized spacial score (nSPS) is 11.7. The van der Waals surface area contributed by atoms with Gasteiger partial charge in [0, 0.05) is 7.05 Å². The van der Waals surface area contributed by atoms with Gasteiger partial charge < -0.3 is 15.2 Å². The lowest BCUT2D eigenvalue weighted by Gasteiger charge is -2.16. The van der Waals surface area contributed by atoms with Crippen molar-refractivity contribution in [2.24, 2.45) is 7.05 Å². The Morgan fingerprint density at radius 2 is 2.09 bits per heavy atom. The van der Waals surface area contributed by atoms with Gasteiger partial charge in [-0.05, 0) is 5.56 Å². The summed E-state index contributed by atoms with van der Waals surface area (Å²) in [6.45, 7) is 0.107. The number of nitrogens with one attached hydrogen (secondary N) is 1. The van der Waals surface area contributed by atoms with Crippen LogP contribution >= 0.6 is 0 Å². The van der Waals surface area contributed by atoms with Crippen LogP contribution in [0.15, 0.2) is 36.5 Å². The van der Waals surface area contributed by atoms with Crippen molar-refractivity contribution in [1.82, 2.24) is 20.3 Å². The molecule has 0 bridgehead atoms. The lowest BCUT2D eigenvalue weighted by Crippen LogP contribution is -2.31. The average molecular weight is 304 g/mol. The number of hydrogen-bond donors (Lipinski definition) is 2. The summed E-state index contributed by atoms with van der Waals surface area (Å²) in [6, 6.07) is 8.43. The van der Waals surface area contributed by atoms with E-state index in [1.54, 1.807) is 7.05 Å². The first-order chi connectivity index (χ1) is 10.6. The summed E-state index contributed by atoms with van der Waals surface area (Å²) in [6.07, 6.45) is 0.420. The predicted molar refractivity (Wildman–Crippen MR) is 75.8 cm³/mol. The van der Waals surface area contributed by atoms with Gasteiger partial charge in [0.15, 0.2) is 0 Å². The fourth-order valence-electron chi connectivity index (χ4n) is 1.92. The number of carboxylic acid groups (broad SMARTS) is 1. The number of carbonyl (C=O) groups excluding carboxylic acids is 1. The Morgan fingerprint density at radius 3 is 2.68 bits per heavy atom. The zero-order valence-electron chi connectivity index (χ0n) is 12.0. The molecule has 0 aliphatic carbocycles. The maximum Gasteiger partial charge on any atom is 0.408 e. The molecule has 22 heavy (non-hydrogen) atoms. The lowest BCUT2D eigenvalue weighted by atomic mass is 10.1. The number of carbonyl (C=O) groups is 2. The van der Waals surface area contributed by atoms with Crippen LogP contribution in [0.1, 0.15) is 23.7 Å². The zero-order chi connectivity index (χ0) is 15.9. The number of benzene rings is 1. The van der Waals surface area contributed by atoms with Gasteiger partial charge in [-0.25, -0.2) is 4.79 Å². The monoisotopic (exact) mass is 304 g/mol. The van der Waals surface area contributed by atoms with Crippen LogP contribution in [-0.2, 0) is 23.2 Å². The molecule has 1 aromatic heterocycles. The van der Waals surface area contributed by atoms with Crippen molar-refractivity contribution in [3.8, 4) is 0 Å². The molecule has 2 aromatic rings. The Bertz CT molecular complexity index is 641. The number of aliphatic carboxylic acids is 1. The topological polar surface area (TPSA) is 106 Å². The number of alkyl carbamates (subject to hydrolysis) is 1. The number of carboxylic acids is 1. The fraction of sp³-hybridized carbons (Fsp3) is 0.286. The van der Waals surface area contributed by atoms with Crippen molar-refractivity contribution in [2.45, 2.75) is 19.1 Å². The van der Waals surface area contributed by atoms with E-state index in [9.17, 15) is 9.59 Å². The van der Waals surface area contributed by atoms with Crippen molar-refractivity contribution in [3.63, 3.8) is 0 Å². The smallest absolute Gasteiger partial charge is 0.408 e. The number of aromatic nitrogens is 3. The van der Waals surface area contributed by atoms with Gasteiger partial charge >= 0.3 is 12.1 Å². The van der Waals surface area contributed by atoms with E-state index < -0.39 is 18.1 Å². The second-order valence-electron chi connectivity index (χ2n) is 4.64. The van der Waals surface area contributed by atoms with Gasteiger partial charge in [-0.3, -0.25) is 9.48 Å². The highest BCUT2D eigenvalue weighted by Gasteiger charge is 2.22. The molecule has 1 heterocycles. The van der Waals surface area contributed by atoms with Crippen molar-refractivity contribution in [1.29, 1.82) is 0 Å². The summed E-state index contributed by atoms with van der Waals surface area (Å²) >= 11 is 0. The molecule has 8 heteroatoms. The van der Waals surface area contributed by atoms with Crippen LogP contribution in [0, 0.1) is 0 Å². The van der Waals surface area contributed by atoms with E-state index in [4.69, 9.17) is 9.84 Å². The fourth-order valence-corrected chi connectivity index (χ4v) is 1.92. The summed E-state index contributed by atoms with van der Waals surface area (Å²) < 4.78 is 6.49. The van der Waals surface area contributed by atoms with Crippen LogP contribution in [0.5, 0.6) is 0 Å². The molecule has 0 radical (unpaired) electrons. The highest BCUT2D eigenvalue weighted by atomic mass is 16.5. The van der Waals surface area contributed by atoms with Gasteiger partial charge in [0.1, 0.15) is 6.61 Å². The molecular formula is C14H16N4O4. The maximum atomic E-state index is 11.8. The number of nitrogens with zero attached hydrogens (tertiary/aromatic N) is 3. The molecular weight excluding hydrogens is 288 g/mol. The number of rotatable bonds is 6. The first-order valence-electron chi connectivity index (χ1n) is 6.60. The number of ether oxygens (including phenoxy) is 1. The molecule has 116 valence electrons. The van der Waals surface area contributed by atoms with Crippen LogP contribution < -0.4 is 5.32 Å². The molecule has 0 aliphatic heterocycles. The van der Waals surface area contributed by atoms with Gasteiger partial charge in [-0.2, -0.15) is 0 Å². The first kappa shape index (κ1) is 15.5. The summed E-state index contributed by atoms with van der Waals surface area (Å²) in [5, 5.41) is 18.9. The SMILES string of the molecule is Cn1nncc1[C@@H](CC(=O)O)NC(=O)OCc1ccccc1. The van der Waals surface area contributed by atoms with Crippen LogP contribution in [0.3, 0.4) is 0 Å². The molecule has 8 nitrogen and oxygen atoms in total. The molecule has 2 rings (SSSR count). The highest BCUT2D eigenvalue weighted by Crippen LogP contribution is 2.15. The minimum absolute atomic E-state index is 0.107. The van der Waals surface area contributed by atoms with Crippen molar-refractivity contribution >= 4 is 12.1 Å². The molecule has 0 unspecified atom stereocenters. The molecule has 2 N–H and O–H groups in total. The van der Waals surface area contributed by atoms with Gasteiger partial charge in [0.05, 0.1) is 24.4 Å². The van der Waals surface area contributed by atoms with Crippen LogP contribution in [0.25, 0.3) is 0 Å². The molecule has 0 saturated heterocycles. The molecule has 1 atom stereocenters. The summed E-state index contributed by atoms with van der Waals surface area (Å²) in [5.74, 6) is -1.05. The minimum Gasteiger partial charge on any atom is -0.481 e. The molecule has 1 aromatic carbocycles. The van der Waals surface area contributed by atoms with E-state index in [-0.39, 0.29) is 13.0 Å². The second-order valence-corrected chi connectivity index (χ2v) is 4.64. The van der Waals surface area contributed by atoms with Crippen LogP contribution in [-0.4, -0.2) is 32.2 Å². The van der Waals surface area contributed by atoms with Crippen molar-refractivity contribution in [3.05, 3.63) is 47.8 Å². The predicted octanol–water partition coefficient (Wildman–Crippen LogP) is 1.26. The van der Waals surface area contributed by atoms with E-state index >= 15 is 0 Å². The molecule has 1 amide bonds. The third-order valence-corrected chi connectivity index (χ3v) is 2.99. The lowest BCUT2D eigenvalue weighted by molar-refractivity contribution is -0.137. The number of hydrogen-bond acceptors (Lipinski definition) is 5. The standard InChI is InChI=1S/C14H16N4O4/c1-18-12(8-15-17-18)11(7-13(19)20)16-14(21)22-9-10-5-3-2-4-6-10/h2-6,8,11H,7,9H2,1H3,(H,16,21)(H,19,20)/t11-/m1/s1. The largest absolute Gasteiger partial charge is 0.481 e. The van der Waals surface area contributed by atoms with Gasteiger partial charge in [-0.1, -0.05) is 35.5 Å². The Kier molecular flexibility index (Phi) is 5.07. The Labute approximate surface area is 126 Å². The third-order valence-electron chi connectivity index (χ3n) is 2.99. The molecule has 0 saturated carbocycles. The number of amides is 1. The average Bonchev–Trinajstić information content (AvgIpc) is 2.91. The third kappa shape index (κ3) is 4.30. The van der Waals surface area contributed by atoms with E-state index in [0.717, 1.165) is 5.56 Å². The Balaban J connectivity index is 1.96. The maximum absolute atomic E-state index is 11.8. The van der Waals surface area contributed by atoms with E-state index in [0.29, 0.717) is 5.69 Å². The van der Waals surface area contributed by atoms with E-state index in [1.807, 2.05) is 30.3 Å². The Morgan fingerprint density at radius 1 is 1.36 bits per heavy atom. The molecule has 0 fully saturated rings. The summed E-state index contributed by atoms with van der Waals surface area (Å²) in [4.78, 5) is 22.8. The number of aryl methyl sites for hydroxylation is 1. The van der Waals surface area contributed by atoms with Gasteiger partial charge in [0.25, 0.3) is 0 Å².